The van der Waals surface area contributed by atoms with Crippen LogP contribution < -0.4 is 5.32 Å². The van der Waals surface area contributed by atoms with Crippen molar-refractivity contribution in [2.45, 2.75) is 51.0 Å². The van der Waals surface area contributed by atoms with Crippen LogP contribution in [-0.4, -0.2) is 25.3 Å². The Kier molecular flexibility index (Phi) is 2.21. The summed E-state index contributed by atoms with van der Waals surface area (Å²) in [6.45, 7) is 5.35. The summed E-state index contributed by atoms with van der Waals surface area (Å²) in [6, 6.07) is 0. The van der Waals surface area contributed by atoms with Gasteiger partial charge in [0, 0.05) is 12.1 Å². The fourth-order valence-corrected chi connectivity index (χ4v) is 5.85. The molecule has 1 saturated heterocycles. The van der Waals surface area contributed by atoms with E-state index in [-0.39, 0.29) is 5.54 Å². The first-order chi connectivity index (χ1) is 8.19. The van der Waals surface area contributed by atoms with E-state index >= 15 is 0 Å². The molecule has 2 nitrogen and oxygen atoms in total. The average Bonchev–Trinajstić information content (AvgIpc) is 2.28. The predicted octanol–water partition coefficient (Wildman–Crippen LogP) is 2.58. The van der Waals surface area contributed by atoms with Gasteiger partial charge in [-0.3, -0.25) is 0 Å². The second-order valence-corrected chi connectivity index (χ2v) is 7.51. The summed E-state index contributed by atoms with van der Waals surface area (Å²) in [6.07, 6.45) is 9.05. The zero-order chi connectivity index (χ0) is 11.5. The molecule has 0 spiro atoms. The zero-order valence-corrected chi connectivity index (χ0v) is 11.0. The van der Waals surface area contributed by atoms with Gasteiger partial charge < -0.3 is 10.1 Å². The van der Waals surface area contributed by atoms with Gasteiger partial charge in [-0.05, 0) is 68.6 Å². The molecule has 4 saturated carbocycles. The van der Waals surface area contributed by atoms with Gasteiger partial charge in [-0.2, -0.15) is 0 Å². The fourth-order valence-electron chi connectivity index (χ4n) is 5.85. The van der Waals surface area contributed by atoms with E-state index in [0.717, 1.165) is 37.5 Å². The van der Waals surface area contributed by atoms with E-state index in [9.17, 15) is 0 Å². The molecule has 2 heteroatoms. The van der Waals surface area contributed by atoms with Gasteiger partial charge in [0.25, 0.3) is 0 Å². The molecule has 5 aliphatic rings. The van der Waals surface area contributed by atoms with E-state index in [1.54, 1.807) is 0 Å². The highest BCUT2D eigenvalue weighted by Gasteiger charge is 2.58. The van der Waals surface area contributed by atoms with Crippen LogP contribution in [0.15, 0.2) is 0 Å². The minimum atomic E-state index is 0.265. The minimum absolute atomic E-state index is 0.265. The van der Waals surface area contributed by atoms with Gasteiger partial charge in [0.2, 0.25) is 0 Å². The molecule has 0 aromatic heterocycles. The minimum Gasteiger partial charge on any atom is -0.378 e. The SMILES string of the molecule is CC1(C23CC4CC(CC(C4)C2)C3)COCCN1. The number of morpholine rings is 1. The van der Waals surface area contributed by atoms with Crippen LogP contribution in [0.25, 0.3) is 0 Å². The number of hydrogen-bond donors (Lipinski definition) is 1. The van der Waals surface area contributed by atoms with Gasteiger partial charge in [0.05, 0.1) is 13.2 Å². The maximum absolute atomic E-state index is 5.81. The van der Waals surface area contributed by atoms with Crippen LogP contribution in [-0.2, 0) is 4.74 Å². The van der Waals surface area contributed by atoms with Crippen molar-refractivity contribution in [2.24, 2.45) is 23.2 Å². The Labute approximate surface area is 104 Å². The molecule has 0 aromatic rings. The molecular weight excluding hydrogens is 210 g/mol. The predicted molar refractivity (Wildman–Crippen MR) is 67.8 cm³/mol. The average molecular weight is 235 g/mol. The van der Waals surface area contributed by atoms with Crippen molar-refractivity contribution in [1.29, 1.82) is 0 Å². The quantitative estimate of drug-likeness (QED) is 0.754. The molecule has 5 fully saturated rings. The maximum atomic E-state index is 5.81. The Hall–Kier alpha value is -0.0800. The van der Waals surface area contributed by atoms with Crippen LogP contribution >= 0.6 is 0 Å². The van der Waals surface area contributed by atoms with Crippen molar-refractivity contribution in [3.05, 3.63) is 0 Å². The van der Waals surface area contributed by atoms with Crippen LogP contribution in [0.4, 0.5) is 0 Å². The Bertz CT molecular complexity index is 284. The summed E-state index contributed by atoms with van der Waals surface area (Å²) in [4.78, 5) is 0. The first-order valence-electron chi connectivity index (χ1n) is 7.52. The molecule has 0 amide bonds. The van der Waals surface area contributed by atoms with Gasteiger partial charge in [-0.15, -0.1) is 0 Å². The highest BCUT2D eigenvalue weighted by atomic mass is 16.5. The highest BCUT2D eigenvalue weighted by molar-refractivity contribution is 5.12. The van der Waals surface area contributed by atoms with Crippen LogP contribution in [0.3, 0.4) is 0 Å². The van der Waals surface area contributed by atoms with Crippen molar-refractivity contribution in [1.82, 2.24) is 5.32 Å². The second kappa shape index (κ2) is 3.48. The molecule has 0 aromatic carbocycles. The summed E-state index contributed by atoms with van der Waals surface area (Å²) >= 11 is 0. The van der Waals surface area contributed by atoms with Gasteiger partial charge in [-0.1, -0.05) is 0 Å². The summed E-state index contributed by atoms with van der Waals surface area (Å²) in [5.74, 6) is 3.13. The first-order valence-corrected chi connectivity index (χ1v) is 7.52. The molecule has 1 heterocycles. The summed E-state index contributed by atoms with van der Waals surface area (Å²) < 4.78 is 5.81. The van der Waals surface area contributed by atoms with Gasteiger partial charge in [-0.25, -0.2) is 0 Å². The van der Waals surface area contributed by atoms with Gasteiger partial charge in [0.1, 0.15) is 0 Å². The molecular formula is C15H25NO. The molecule has 17 heavy (non-hydrogen) atoms. The van der Waals surface area contributed by atoms with Crippen LogP contribution in [0.5, 0.6) is 0 Å². The lowest BCUT2D eigenvalue weighted by Gasteiger charge is -2.63. The van der Waals surface area contributed by atoms with Crippen molar-refractivity contribution in [3.63, 3.8) is 0 Å². The van der Waals surface area contributed by atoms with E-state index in [0.29, 0.717) is 5.41 Å². The molecule has 1 unspecified atom stereocenters. The van der Waals surface area contributed by atoms with Crippen molar-refractivity contribution in [2.75, 3.05) is 19.8 Å². The topological polar surface area (TPSA) is 21.3 Å². The second-order valence-electron chi connectivity index (χ2n) is 7.51. The highest BCUT2D eigenvalue weighted by Crippen LogP contribution is 2.63. The van der Waals surface area contributed by atoms with E-state index in [2.05, 4.69) is 12.2 Å². The van der Waals surface area contributed by atoms with Crippen LogP contribution in [0.1, 0.15) is 45.4 Å². The van der Waals surface area contributed by atoms with Crippen LogP contribution in [0, 0.1) is 23.2 Å². The maximum Gasteiger partial charge on any atom is 0.0651 e. The smallest absolute Gasteiger partial charge is 0.0651 e. The number of hydrogen-bond acceptors (Lipinski definition) is 2. The Morgan fingerprint density at radius 3 is 2.06 bits per heavy atom. The molecule has 0 radical (unpaired) electrons. The Balaban J connectivity index is 1.67. The van der Waals surface area contributed by atoms with E-state index in [1.165, 1.54) is 38.5 Å². The lowest BCUT2D eigenvalue weighted by molar-refractivity contribution is -0.136. The molecule has 4 aliphatic carbocycles. The van der Waals surface area contributed by atoms with E-state index in [4.69, 9.17) is 4.74 Å². The molecule has 96 valence electrons. The standard InChI is InChI=1S/C15H25NO/c1-14(10-17-3-2-16-14)15-7-11-4-12(8-15)6-13(5-11)9-15/h11-13,16H,2-10H2,1H3. The third-order valence-electron chi connectivity index (χ3n) is 6.36. The summed E-state index contributed by atoms with van der Waals surface area (Å²) in [5, 5.41) is 3.83. The number of ether oxygens (including phenoxy) is 1. The zero-order valence-electron chi connectivity index (χ0n) is 11.0. The van der Waals surface area contributed by atoms with Crippen LogP contribution in [0.2, 0.25) is 0 Å². The van der Waals surface area contributed by atoms with E-state index in [1.807, 2.05) is 0 Å². The normalized spacial score (nSPS) is 57.4. The third kappa shape index (κ3) is 1.46. The lowest BCUT2D eigenvalue weighted by Crippen LogP contribution is -2.67. The molecule has 4 bridgehead atoms. The number of nitrogens with one attached hydrogen (secondary N) is 1. The largest absolute Gasteiger partial charge is 0.378 e. The third-order valence-corrected chi connectivity index (χ3v) is 6.36. The number of rotatable bonds is 1. The van der Waals surface area contributed by atoms with Gasteiger partial charge in [0.15, 0.2) is 0 Å². The van der Waals surface area contributed by atoms with Crippen molar-refractivity contribution in [3.8, 4) is 0 Å². The molecule has 1 aliphatic heterocycles. The first kappa shape index (κ1) is 10.8. The molecule has 1 N–H and O–H groups in total. The molecule has 5 rings (SSSR count). The van der Waals surface area contributed by atoms with Crippen molar-refractivity contribution >= 4 is 0 Å². The Morgan fingerprint density at radius 2 is 1.59 bits per heavy atom. The summed E-state index contributed by atoms with van der Waals surface area (Å²) in [5.41, 5.74) is 0.837. The Morgan fingerprint density at radius 1 is 1.00 bits per heavy atom. The molecule has 1 atom stereocenters. The summed E-state index contributed by atoms with van der Waals surface area (Å²) in [7, 11) is 0. The monoisotopic (exact) mass is 235 g/mol. The van der Waals surface area contributed by atoms with Crippen molar-refractivity contribution < 1.29 is 4.74 Å². The van der Waals surface area contributed by atoms with E-state index < -0.39 is 0 Å². The fraction of sp³-hybridized carbons (Fsp3) is 1.00. The van der Waals surface area contributed by atoms with Gasteiger partial charge >= 0.3 is 0 Å². The lowest BCUT2D eigenvalue weighted by atomic mass is 9.45.